The van der Waals surface area contributed by atoms with Gasteiger partial charge in [-0.3, -0.25) is 9.69 Å². The van der Waals surface area contributed by atoms with Crippen LogP contribution in [0.2, 0.25) is 0 Å². The fraction of sp³-hybridized carbons (Fsp3) is 0.800. The van der Waals surface area contributed by atoms with E-state index >= 15 is 0 Å². The van der Waals surface area contributed by atoms with Crippen molar-refractivity contribution in [2.45, 2.75) is 26.8 Å². The zero-order valence-electron chi connectivity index (χ0n) is 9.56. The number of urea groups is 1. The van der Waals surface area contributed by atoms with E-state index < -0.39 is 0 Å². The lowest BCUT2D eigenvalue weighted by molar-refractivity contribution is -0.126. The number of amides is 3. The number of hydrogen-bond acceptors (Lipinski definition) is 3. The summed E-state index contributed by atoms with van der Waals surface area (Å²) in [5.74, 6) is 0.119. The molecule has 15 heavy (non-hydrogen) atoms. The SMILES string of the molecule is CC(CN)CN1CC(=O)N(C(C)C)C1=O. The molecule has 3 amide bonds. The van der Waals surface area contributed by atoms with E-state index in [0.717, 1.165) is 0 Å². The first-order valence-electron chi connectivity index (χ1n) is 5.28. The first-order valence-corrected chi connectivity index (χ1v) is 5.28. The third-order valence-electron chi connectivity index (χ3n) is 2.52. The van der Waals surface area contributed by atoms with Crippen LogP contribution in [0.5, 0.6) is 0 Å². The molecule has 1 fully saturated rings. The molecule has 0 spiro atoms. The van der Waals surface area contributed by atoms with E-state index in [2.05, 4.69) is 0 Å². The number of nitrogens with zero attached hydrogens (tertiary/aromatic N) is 2. The molecule has 0 aromatic heterocycles. The zero-order chi connectivity index (χ0) is 11.6. The van der Waals surface area contributed by atoms with Crippen LogP contribution in [0.3, 0.4) is 0 Å². The average molecular weight is 213 g/mol. The number of carbonyl (C=O) groups excluding carboxylic acids is 2. The summed E-state index contributed by atoms with van der Waals surface area (Å²) < 4.78 is 0. The summed E-state index contributed by atoms with van der Waals surface area (Å²) in [6.45, 7) is 6.93. The Kier molecular flexibility index (Phi) is 3.68. The lowest BCUT2D eigenvalue weighted by Crippen LogP contribution is -2.39. The number of hydrogen-bond donors (Lipinski definition) is 1. The summed E-state index contributed by atoms with van der Waals surface area (Å²) in [5, 5.41) is 0. The highest BCUT2D eigenvalue weighted by Gasteiger charge is 2.37. The van der Waals surface area contributed by atoms with Crippen LogP contribution in [0.15, 0.2) is 0 Å². The van der Waals surface area contributed by atoms with Crippen LogP contribution < -0.4 is 5.73 Å². The summed E-state index contributed by atoms with van der Waals surface area (Å²) in [7, 11) is 0. The van der Waals surface area contributed by atoms with E-state index in [1.807, 2.05) is 20.8 Å². The first-order chi connectivity index (χ1) is 6.97. The van der Waals surface area contributed by atoms with E-state index in [1.54, 1.807) is 4.90 Å². The van der Waals surface area contributed by atoms with Gasteiger partial charge in [0.25, 0.3) is 5.91 Å². The van der Waals surface area contributed by atoms with Gasteiger partial charge in [-0.05, 0) is 26.3 Å². The number of nitrogens with two attached hydrogens (primary N) is 1. The molecule has 0 bridgehead atoms. The van der Waals surface area contributed by atoms with Gasteiger partial charge in [0.05, 0.1) is 0 Å². The fourth-order valence-corrected chi connectivity index (χ4v) is 1.67. The summed E-state index contributed by atoms with van der Waals surface area (Å²) >= 11 is 0. The van der Waals surface area contributed by atoms with Gasteiger partial charge >= 0.3 is 6.03 Å². The highest BCUT2D eigenvalue weighted by Crippen LogP contribution is 2.14. The first kappa shape index (κ1) is 12.0. The molecule has 1 unspecified atom stereocenters. The van der Waals surface area contributed by atoms with E-state index in [4.69, 9.17) is 5.73 Å². The Morgan fingerprint density at radius 3 is 2.33 bits per heavy atom. The van der Waals surface area contributed by atoms with Crippen LogP contribution in [-0.4, -0.2) is 47.4 Å². The summed E-state index contributed by atoms with van der Waals surface area (Å²) in [6, 6.07) is -0.251. The third-order valence-corrected chi connectivity index (χ3v) is 2.52. The van der Waals surface area contributed by atoms with Gasteiger partial charge in [-0.1, -0.05) is 6.92 Å². The van der Waals surface area contributed by atoms with Crippen molar-refractivity contribution in [1.82, 2.24) is 9.80 Å². The second kappa shape index (κ2) is 4.61. The number of imide groups is 1. The lowest BCUT2D eigenvalue weighted by Gasteiger charge is -2.21. The lowest BCUT2D eigenvalue weighted by atomic mass is 10.2. The van der Waals surface area contributed by atoms with Gasteiger partial charge in [0.2, 0.25) is 0 Å². The summed E-state index contributed by atoms with van der Waals surface area (Å²) in [6.07, 6.45) is 0. The average Bonchev–Trinajstić information content (AvgIpc) is 2.41. The van der Waals surface area contributed by atoms with Gasteiger partial charge in [-0.15, -0.1) is 0 Å². The minimum absolute atomic E-state index is 0.0665. The quantitative estimate of drug-likeness (QED) is 0.681. The van der Waals surface area contributed by atoms with Crippen molar-refractivity contribution in [2.24, 2.45) is 11.7 Å². The molecule has 1 rings (SSSR count). The molecule has 1 aliphatic rings. The van der Waals surface area contributed by atoms with Crippen LogP contribution in [0.1, 0.15) is 20.8 Å². The second-order valence-electron chi connectivity index (χ2n) is 4.36. The smallest absolute Gasteiger partial charge is 0.327 e. The minimum atomic E-state index is -0.185. The van der Waals surface area contributed by atoms with Crippen molar-refractivity contribution < 1.29 is 9.59 Å². The van der Waals surface area contributed by atoms with Gasteiger partial charge < -0.3 is 10.6 Å². The summed E-state index contributed by atoms with van der Waals surface area (Å²) in [4.78, 5) is 26.2. The van der Waals surface area contributed by atoms with E-state index in [-0.39, 0.29) is 30.4 Å². The molecule has 1 atom stereocenters. The van der Waals surface area contributed by atoms with Crippen LogP contribution in [0.25, 0.3) is 0 Å². The van der Waals surface area contributed by atoms with Crippen LogP contribution in [0, 0.1) is 5.92 Å². The molecule has 2 N–H and O–H groups in total. The highest BCUT2D eigenvalue weighted by atomic mass is 16.2. The predicted molar refractivity (Wildman–Crippen MR) is 57.2 cm³/mol. The minimum Gasteiger partial charge on any atom is -0.330 e. The molecular formula is C10H19N3O2. The maximum Gasteiger partial charge on any atom is 0.327 e. The van der Waals surface area contributed by atoms with Gasteiger partial charge in [0.15, 0.2) is 0 Å². The largest absolute Gasteiger partial charge is 0.330 e. The Balaban J connectivity index is 2.65. The Morgan fingerprint density at radius 2 is 1.93 bits per heavy atom. The number of rotatable bonds is 4. The molecule has 1 heterocycles. The van der Waals surface area contributed by atoms with Crippen molar-refractivity contribution >= 4 is 11.9 Å². The molecule has 0 aliphatic carbocycles. The predicted octanol–water partition coefficient (Wildman–Crippen LogP) is 0.254. The summed E-state index contributed by atoms with van der Waals surface area (Å²) in [5.41, 5.74) is 5.49. The molecule has 5 nitrogen and oxygen atoms in total. The third kappa shape index (κ3) is 2.47. The van der Waals surface area contributed by atoms with Crippen LogP contribution >= 0.6 is 0 Å². The van der Waals surface area contributed by atoms with Crippen molar-refractivity contribution in [3.8, 4) is 0 Å². The Hall–Kier alpha value is -1.10. The maximum absolute atomic E-state index is 11.8. The van der Waals surface area contributed by atoms with Crippen LogP contribution in [0.4, 0.5) is 4.79 Å². The van der Waals surface area contributed by atoms with E-state index in [1.165, 1.54) is 4.90 Å². The molecule has 0 radical (unpaired) electrons. The standard InChI is InChI=1S/C10H19N3O2/c1-7(2)13-9(14)6-12(10(13)15)5-8(3)4-11/h7-8H,4-6,11H2,1-3H3. The molecule has 5 heteroatoms. The molecule has 0 saturated carbocycles. The maximum atomic E-state index is 11.8. The van der Waals surface area contributed by atoms with Crippen LogP contribution in [-0.2, 0) is 4.79 Å². The van der Waals surface area contributed by atoms with Crippen molar-refractivity contribution in [1.29, 1.82) is 0 Å². The van der Waals surface area contributed by atoms with Crippen molar-refractivity contribution in [2.75, 3.05) is 19.6 Å². The van der Waals surface area contributed by atoms with E-state index in [9.17, 15) is 9.59 Å². The zero-order valence-corrected chi connectivity index (χ0v) is 9.56. The Bertz CT molecular complexity index is 265. The molecule has 0 aromatic carbocycles. The normalized spacial score (nSPS) is 19.3. The van der Waals surface area contributed by atoms with Crippen molar-refractivity contribution in [3.63, 3.8) is 0 Å². The van der Waals surface area contributed by atoms with E-state index in [0.29, 0.717) is 13.1 Å². The second-order valence-corrected chi connectivity index (χ2v) is 4.36. The van der Waals surface area contributed by atoms with Gasteiger partial charge in [-0.25, -0.2) is 4.79 Å². The Labute approximate surface area is 90.2 Å². The molecule has 1 aliphatic heterocycles. The molecule has 1 saturated heterocycles. The number of carbonyl (C=O) groups is 2. The van der Waals surface area contributed by atoms with Gasteiger partial charge in [0.1, 0.15) is 6.54 Å². The van der Waals surface area contributed by atoms with Crippen molar-refractivity contribution in [3.05, 3.63) is 0 Å². The highest BCUT2D eigenvalue weighted by molar-refractivity contribution is 6.02. The molecule has 86 valence electrons. The Morgan fingerprint density at radius 1 is 1.33 bits per heavy atom. The van der Waals surface area contributed by atoms with Gasteiger partial charge in [0, 0.05) is 12.6 Å². The van der Waals surface area contributed by atoms with Gasteiger partial charge in [-0.2, -0.15) is 0 Å². The molecular weight excluding hydrogens is 194 g/mol. The monoisotopic (exact) mass is 213 g/mol. The fourth-order valence-electron chi connectivity index (χ4n) is 1.67. The molecule has 0 aromatic rings. The topological polar surface area (TPSA) is 66.6 Å².